The van der Waals surface area contributed by atoms with Crippen molar-refractivity contribution in [2.45, 2.75) is 83.7 Å². The molecule has 0 aliphatic rings. The van der Waals surface area contributed by atoms with Gasteiger partial charge in [0.2, 0.25) is 0 Å². The predicted molar refractivity (Wildman–Crippen MR) is 105 cm³/mol. The second kappa shape index (κ2) is 12.6. The van der Waals surface area contributed by atoms with Crippen LogP contribution in [0.25, 0.3) is 0 Å². The number of aromatic nitrogens is 4. The summed E-state index contributed by atoms with van der Waals surface area (Å²) in [4.78, 5) is 0. The standard InChI is InChI=1S/C21H34N4O/c1-2-3-4-5-6-7-8-10-15-19(16-17-20-22-24-25-23-20)21(26)18-13-11-9-12-14-18/h9,11-14,19,21,26H,2-8,10,15-17H2,1H3,(H,22,23,24,25). The number of unbranched alkanes of at least 4 members (excludes halogenated alkanes) is 7. The number of aryl methyl sites for hydroxylation is 1. The summed E-state index contributed by atoms with van der Waals surface area (Å²) in [5, 5.41) is 25.0. The SMILES string of the molecule is CCCCCCCCCCC(CCc1nn[nH]n1)C(O)c1ccccc1. The van der Waals surface area contributed by atoms with Crippen LogP contribution in [0.15, 0.2) is 30.3 Å². The first kappa shape index (κ1) is 20.6. The van der Waals surface area contributed by atoms with E-state index in [-0.39, 0.29) is 5.92 Å². The molecular formula is C21H34N4O. The molecule has 0 aliphatic heterocycles. The summed E-state index contributed by atoms with van der Waals surface area (Å²) in [6, 6.07) is 10.00. The van der Waals surface area contributed by atoms with Gasteiger partial charge < -0.3 is 5.11 Å². The zero-order chi connectivity index (χ0) is 18.5. The van der Waals surface area contributed by atoms with Gasteiger partial charge in [0.15, 0.2) is 5.82 Å². The number of aromatic amines is 1. The fourth-order valence-corrected chi connectivity index (χ4v) is 3.53. The Morgan fingerprint density at radius 3 is 2.27 bits per heavy atom. The van der Waals surface area contributed by atoms with Gasteiger partial charge in [0, 0.05) is 6.42 Å². The van der Waals surface area contributed by atoms with Gasteiger partial charge in [-0.25, -0.2) is 0 Å². The summed E-state index contributed by atoms with van der Waals surface area (Å²) >= 11 is 0. The van der Waals surface area contributed by atoms with Gasteiger partial charge in [0.1, 0.15) is 0 Å². The van der Waals surface area contributed by atoms with E-state index in [1.165, 1.54) is 51.4 Å². The van der Waals surface area contributed by atoms with Gasteiger partial charge in [0.25, 0.3) is 0 Å². The maximum absolute atomic E-state index is 10.8. The highest BCUT2D eigenvalue weighted by molar-refractivity contribution is 5.18. The van der Waals surface area contributed by atoms with Gasteiger partial charge in [0.05, 0.1) is 6.10 Å². The molecule has 5 nitrogen and oxygen atoms in total. The van der Waals surface area contributed by atoms with E-state index in [1.54, 1.807) is 0 Å². The van der Waals surface area contributed by atoms with Gasteiger partial charge in [-0.3, -0.25) is 0 Å². The van der Waals surface area contributed by atoms with E-state index in [4.69, 9.17) is 0 Å². The minimum absolute atomic E-state index is 0.232. The zero-order valence-electron chi connectivity index (χ0n) is 16.1. The van der Waals surface area contributed by atoms with Gasteiger partial charge in [-0.2, -0.15) is 5.21 Å². The Morgan fingerprint density at radius 1 is 0.923 bits per heavy atom. The summed E-state index contributed by atoms with van der Waals surface area (Å²) in [6.07, 6.45) is 12.7. The normalized spacial score (nSPS) is 13.6. The van der Waals surface area contributed by atoms with Gasteiger partial charge in [-0.15, -0.1) is 10.2 Å². The zero-order valence-corrected chi connectivity index (χ0v) is 16.1. The molecule has 0 saturated heterocycles. The number of aliphatic hydroxyl groups is 1. The average molecular weight is 359 g/mol. The van der Waals surface area contributed by atoms with Crippen molar-refractivity contribution in [1.82, 2.24) is 20.6 Å². The number of rotatable bonds is 14. The van der Waals surface area contributed by atoms with E-state index >= 15 is 0 Å². The number of nitrogens with zero attached hydrogens (tertiary/aromatic N) is 3. The Morgan fingerprint density at radius 2 is 1.62 bits per heavy atom. The third kappa shape index (κ3) is 7.65. The van der Waals surface area contributed by atoms with Gasteiger partial charge >= 0.3 is 0 Å². The highest BCUT2D eigenvalue weighted by atomic mass is 16.3. The van der Waals surface area contributed by atoms with E-state index in [1.807, 2.05) is 30.3 Å². The van der Waals surface area contributed by atoms with Crippen molar-refractivity contribution >= 4 is 0 Å². The molecule has 2 N–H and O–H groups in total. The van der Waals surface area contributed by atoms with Gasteiger partial charge in [-0.1, -0.05) is 93.8 Å². The molecule has 1 heterocycles. The molecule has 2 rings (SSSR count). The Bertz CT molecular complexity index is 559. The van der Waals surface area contributed by atoms with E-state index in [9.17, 15) is 5.11 Å². The van der Waals surface area contributed by atoms with Crippen molar-refractivity contribution in [2.75, 3.05) is 0 Å². The highest BCUT2D eigenvalue weighted by Gasteiger charge is 2.21. The van der Waals surface area contributed by atoms with Crippen LogP contribution in [-0.2, 0) is 6.42 Å². The lowest BCUT2D eigenvalue weighted by Gasteiger charge is -2.23. The molecule has 1 aromatic heterocycles. The first-order chi connectivity index (χ1) is 12.8. The first-order valence-corrected chi connectivity index (χ1v) is 10.3. The van der Waals surface area contributed by atoms with Crippen molar-refractivity contribution in [2.24, 2.45) is 5.92 Å². The summed E-state index contributed by atoms with van der Waals surface area (Å²) in [7, 11) is 0. The molecule has 26 heavy (non-hydrogen) atoms. The Labute approximate surface area is 157 Å². The summed E-state index contributed by atoms with van der Waals surface area (Å²) in [5.41, 5.74) is 1.00. The minimum atomic E-state index is -0.423. The quantitative estimate of drug-likeness (QED) is 0.465. The van der Waals surface area contributed by atoms with E-state index in [2.05, 4.69) is 27.5 Å². The maximum Gasteiger partial charge on any atom is 0.174 e. The fraction of sp³-hybridized carbons (Fsp3) is 0.667. The van der Waals surface area contributed by atoms with Crippen molar-refractivity contribution < 1.29 is 5.11 Å². The third-order valence-electron chi connectivity index (χ3n) is 5.14. The molecule has 0 amide bonds. The number of H-pyrrole nitrogens is 1. The number of hydrogen-bond donors (Lipinski definition) is 2. The first-order valence-electron chi connectivity index (χ1n) is 10.3. The van der Waals surface area contributed by atoms with Crippen LogP contribution < -0.4 is 0 Å². The van der Waals surface area contributed by atoms with Crippen LogP contribution in [0.1, 0.15) is 88.6 Å². The number of benzene rings is 1. The lowest BCUT2D eigenvalue weighted by Crippen LogP contribution is -2.14. The van der Waals surface area contributed by atoms with E-state index in [0.717, 1.165) is 30.7 Å². The van der Waals surface area contributed by atoms with Crippen molar-refractivity contribution in [3.63, 3.8) is 0 Å². The van der Waals surface area contributed by atoms with Crippen LogP contribution in [0.2, 0.25) is 0 Å². The lowest BCUT2D eigenvalue weighted by molar-refractivity contribution is 0.0955. The van der Waals surface area contributed by atoms with Crippen molar-refractivity contribution in [3.8, 4) is 0 Å². The maximum atomic E-state index is 10.8. The lowest BCUT2D eigenvalue weighted by atomic mass is 9.87. The average Bonchev–Trinajstić information content (AvgIpc) is 3.20. The summed E-state index contributed by atoms with van der Waals surface area (Å²) in [6.45, 7) is 2.26. The van der Waals surface area contributed by atoms with Crippen LogP contribution in [-0.4, -0.2) is 25.7 Å². The summed E-state index contributed by atoms with van der Waals surface area (Å²) < 4.78 is 0. The van der Waals surface area contributed by atoms with E-state index < -0.39 is 6.10 Å². The van der Waals surface area contributed by atoms with Crippen molar-refractivity contribution in [3.05, 3.63) is 41.7 Å². The number of nitrogens with one attached hydrogen (secondary N) is 1. The predicted octanol–water partition coefficient (Wildman–Crippen LogP) is 5.01. The van der Waals surface area contributed by atoms with Crippen LogP contribution in [0.4, 0.5) is 0 Å². The molecule has 144 valence electrons. The molecule has 0 bridgehead atoms. The Balaban J connectivity index is 1.77. The van der Waals surface area contributed by atoms with Crippen molar-refractivity contribution in [1.29, 1.82) is 0 Å². The number of hydrogen-bond acceptors (Lipinski definition) is 4. The molecule has 2 atom stereocenters. The second-order valence-corrected chi connectivity index (χ2v) is 7.25. The van der Waals surface area contributed by atoms with E-state index in [0.29, 0.717) is 0 Å². The monoisotopic (exact) mass is 358 g/mol. The second-order valence-electron chi connectivity index (χ2n) is 7.25. The minimum Gasteiger partial charge on any atom is -0.388 e. The van der Waals surface area contributed by atoms with Crippen LogP contribution in [0.3, 0.4) is 0 Å². The molecular weight excluding hydrogens is 324 g/mol. The molecule has 0 radical (unpaired) electrons. The third-order valence-corrected chi connectivity index (χ3v) is 5.14. The van der Waals surface area contributed by atoms with Gasteiger partial charge in [-0.05, 0) is 24.3 Å². The molecule has 2 unspecified atom stereocenters. The molecule has 0 saturated carbocycles. The Kier molecular flexibility index (Phi) is 9.95. The molecule has 5 heteroatoms. The molecule has 1 aromatic carbocycles. The fourth-order valence-electron chi connectivity index (χ4n) is 3.53. The van der Waals surface area contributed by atoms with Crippen LogP contribution >= 0.6 is 0 Å². The smallest absolute Gasteiger partial charge is 0.174 e. The largest absolute Gasteiger partial charge is 0.388 e. The number of tetrazole rings is 1. The molecule has 2 aromatic rings. The highest BCUT2D eigenvalue weighted by Crippen LogP contribution is 2.30. The molecule has 0 aliphatic carbocycles. The molecule has 0 fully saturated rings. The number of aliphatic hydroxyl groups excluding tert-OH is 1. The van der Waals surface area contributed by atoms with Crippen LogP contribution in [0.5, 0.6) is 0 Å². The van der Waals surface area contributed by atoms with Crippen LogP contribution in [0, 0.1) is 5.92 Å². The topological polar surface area (TPSA) is 74.7 Å². The Hall–Kier alpha value is -1.75. The summed E-state index contributed by atoms with van der Waals surface area (Å²) in [5.74, 6) is 0.960. The molecule has 0 spiro atoms.